The van der Waals surface area contributed by atoms with Crippen LogP contribution in [-0.4, -0.2) is 29.1 Å². The van der Waals surface area contributed by atoms with Crippen LogP contribution in [0.3, 0.4) is 0 Å². The van der Waals surface area contributed by atoms with Crippen molar-refractivity contribution >= 4 is 17.8 Å². The van der Waals surface area contributed by atoms with Crippen molar-refractivity contribution in [3.63, 3.8) is 0 Å². The highest BCUT2D eigenvalue weighted by atomic mass is 31.2. The van der Waals surface area contributed by atoms with E-state index in [1.54, 1.807) is 31.4 Å². The number of hydrogen-bond acceptors (Lipinski definition) is 4. The van der Waals surface area contributed by atoms with Crippen molar-refractivity contribution in [1.82, 2.24) is 0 Å². The molecule has 0 aliphatic carbocycles. The molecule has 0 amide bonds. The van der Waals surface area contributed by atoms with Gasteiger partial charge in [0.25, 0.3) is 0 Å². The monoisotopic (exact) mass is 452 g/mol. The molecule has 0 saturated carbocycles. The Bertz CT molecular complexity index is 946. The number of aliphatic hydroxyl groups excluding tert-OH is 2. The van der Waals surface area contributed by atoms with Gasteiger partial charge >= 0.3 is 0 Å². The average molecular weight is 453 g/mol. The number of hydrogen-bond donors (Lipinski definition) is 2. The Labute approximate surface area is 191 Å². The second-order valence-electron chi connectivity index (χ2n) is 8.15. The number of benzene rings is 3. The van der Waals surface area contributed by atoms with E-state index in [1.807, 2.05) is 60.7 Å². The minimum Gasteiger partial charge on any atom is -0.497 e. The number of unbranched alkanes of at least 4 members (excludes halogenated alkanes) is 1. The molecule has 0 fully saturated rings. The molecule has 0 aromatic heterocycles. The molecule has 0 heterocycles. The predicted octanol–water partition coefficient (Wildman–Crippen LogP) is 5.05. The van der Waals surface area contributed by atoms with Crippen LogP contribution in [0.5, 0.6) is 5.75 Å². The predicted molar refractivity (Wildman–Crippen MR) is 132 cm³/mol. The van der Waals surface area contributed by atoms with Crippen LogP contribution in [0.4, 0.5) is 0 Å². The fourth-order valence-electron chi connectivity index (χ4n) is 4.17. The summed E-state index contributed by atoms with van der Waals surface area (Å²) in [5, 5.41) is 23.8. The Morgan fingerprint density at radius 1 is 0.844 bits per heavy atom. The van der Waals surface area contributed by atoms with Crippen LogP contribution in [0.1, 0.15) is 44.3 Å². The van der Waals surface area contributed by atoms with Crippen molar-refractivity contribution < 1.29 is 19.5 Å². The van der Waals surface area contributed by atoms with Crippen molar-refractivity contribution in [2.24, 2.45) is 0 Å². The van der Waals surface area contributed by atoms with Crippen molar-refractivity contribution in [3.8, 4) is 5.75 Å². The van der Waals surface area contributed by atoms with Gasteiger partial charge in [0, 0.05) is 10.6 Å². The zero-order valence-corrected chi connectivity index (χ0v) is 19.7. The van der Waals surface area contributed by atoms with Gasteiger partial charge in [0.2, 0.25) is 0 Å². The lowest BCUT2D eigenvalue weighted by Crippen LogP contribution is -2.33. The van der Waals surface area contributed by atoms with Gasteiger partial charge in [-0.1, -0.05) is 92.6 Å². The molecule has 5 heteroatoms. The van der Waals surface area contributed by atoms with Crippen LogP contribution in [0.25, 0.3) is 0 Å². The first-order valence-corrected chi connectivity index (χ1v) is 13.0. The maximum Gasteiger partial charge on any atom is 0.149 e. The molecule has 0 radical (unpaired) electrons. The van der Waals surface area contributed by atoms with E-state index in [0.717, 1.165) is 12.8 Å². The molecule has 3 aromatic rings. The summed E-state index contributed by atoms with van der Waals surface area (Å²) in [5.41, 5.74) is -0.0156. The molecule has 3 rings (SSSR count). The maximum atomic E-state index is 15.0. The molecule has 3 atom stereocenters. The van der Waals surface area contributed by atoms with E-state index in [0.29, 0.717) is 28.3 Å². The third-order valence-electron chi connectivity index (χ3n) is 5.97. The summed E-state index contributed by atoms with van der Waals surface area (Å²) in [6.45, 7) is 2.08. The zero-order chi connectivity index (χ0) is 23.0. The second-order valence-corrected chi connectivity index (χ2v) is 11.2. The molecule has 0 aliphatic rings. The van der Waals surface area contributed by atoms with E-state index in [1.165, 1.54) is 0 Å². The normalized spacial score (nSPS) is 14.5. The van der Waals surface area contributed by atoms with E-state index in [9.17, 15) is 14.8 Å². The Morgan fingerprint density at radius 3 is 1.84 bits per heavy atom. The summed E-state index contributed by atoms with van der Waals surface area (Å²) in [6, 6.07) is 25.9. The lowest BCUT2D eigenvalue weighted by molar-refractivity contribution is 0.110. The molecule has 3 aromatic carbocycles. The second kappa shape index (κ2) is 11.5. The Balaban J connectivity index is 2.11. The molecule has 4 nitrogen and oxygen atoms in total. The van der Waals surface area contributed by atoms with E-state index in [2.05, 4.69) is 6.92 Å². The van der Waals surface area contributed by atoms with Crippen LogP contribution >= 0.6 is 7.14 Å². The molecule has 2 N–H and O–H groups in total. The van der Waals surface area contributed by atoms with Gasteiger partial charge in [0.1, 0.15) is 12.9 Å². The number of aliphatic hydroxyl groups is 2. The molecule has 0 unspecified atom stereocenters. The molecule has 0 bridgehead atoms. The van der Waals surface area contributed by atoms with Crippen molar-refractivity contribution in [2.75, 3.05) is 7.11 Å². The molecule has 0 saturated heterocycles. The van der Waals surface area contributed by atoms with E-state index < -0.39 is 25.0 Å². The SMILES string of the molecule is CCCC[C@@H](O)C[C@H]([C@@H](O)c1ccc(OC)cc1)P(=O)(c1ccccc1)c1ccccc1. The topological polar surface area (TPSA) is 66.8 Å². The first kappa shape index (κ1) is 24.3. The molecule has 32 heavy (non-hydrogen) atoms. The lowest BCUT2D eigenvalue weighted by atomic mass is 10.00. The highest BCUT2D eigenvalue weighted by Gasteiger charge is 2.42. The van der Waals surface area contributed by atoms with Gasteiger partial charge in [0.15, 0.2) is 0 Å². The number of rotatable bonds is 11. The zero-order valence-electron chi connectivity index (χ0n) is 18.8. The highest BCUT2D eigenvalue weighted by molar-refractivity contribution is 7.79. The smallest absolute Gasteiger partial charge is 0.149 e. The minimum atomic E-state index is -3.30. The van der Waals surface area contributed by atoms with Gasteiger partial charge in [0.05, 0.1) is 25.0 Å². The standard InChI is InChI=1S/C27H33O4P/c1-3-4-11-22(28)20-26(27(29)21-16-18-23(31-2)19-17-21)32(30,24-12-7-5-8-13-24)25-14-9-6-10-15-25/h5-10,12-19,22,26-29H,3-4,11,20H2,1-2H3/t22-,26-,27+/m1/s1. The summed E-state index contributed by atoms with van der Waals surface area (Å²) < 4.78 is 20.2. The average Bonchev–Trinajstić information content (AvgIpc) is 2.86. The van der Waals surface area contributed by atoms with Crippen LogP contribution in [-0.2, 0) is 4.57 Å². The molecular formula is C27H33O4P. The summed E-state index contributed by atoms with van der Waals surface area (Å²) in [7, 11) is -1.71. The lowest BCUT2D eigenvalue weighted by Gasteiger charge is -2.34. The van der Waals surface area contributed by atoms with Crippen LogP contribution in [0.2, 0.25) is 0 Å². The first-order chi connectivity index (χ1) is 15.5. The number of ether oxygens (including phenoxy) is 1. The summed E-state index contributed by atoms with van der Waals surface area (Å²) in [6.07, 6.45) is 1.06. The Hall–Kier alpha value is -2.39. The van der Waals surface area contributed by atoms with Crippen LogP contribution in [0.15, 0.2) is 84.9 Å². The molecule has 170 valence electrons. The molecular weight excluding hydrogens is 419 g/mol. The van der Waals surface area contributed by atoms with Gasteiger partial charge in [-0.15, -0.1) is 0 Å². The van der Waals surface area contributed by atoms with Crippen molar-refractivity contribution in [1.29, 1.82) is 0 Å². The van der Waals surface area contributed by atoms with Crippen LogP contribution in [0, 0.1) is 0 Å². The Morgan fingerprint density at radius 2 is 1.38 bits per heavy atom. The third kappa shape index (κ3) is 5.50. The van der Waals surface area contributed by atoms with Gasteiger partial charge in [-0.05, 0) is 30.5 Å². The van der Waals surface area contributed by atoms with Gasteiger partial charge < -0.3 is 19.5 Å². The Kier molecular flexibility index (Phi) is 8.69. The first-order valence-electron chi connectivity index (χ1n) is 11.2. The van der Waals surface area contributed by atoms with Crippen molar-refractivity contribution in [2.45, 2.75) is 50.5 Å². The largest absolute Gasteiger partial charge is 0.497 e. The van der Waals surface area contributed by atoms with E-state index >= 15 is 0 Å². The maximum absolute atomic E-state index is 15.0. The molecule has 0 aliphatic heterocycles. The minimum absolute atomic E-state index is 0.244. The molecule has 0 spiro atoms. The van der Waals surface area contributed by atoms with Gasteiger partial charge in [-0.3, -0.25) is 0 Å². The van der Waals surface area contributed by atoms with E-state index in [4.69, 9.17) is 4.74 Å². The van der Waals surface area contributed by atoms with Gasteiger partial charge in [-0.25, -0.2) is 0 Å². The van der Waals surface area contributed by atoms with E-state index in [-0.39, 0.29) is 6.42 Å². The van der Waals surface area contributed by atoms with Crippen LogP contribution < -0.4 is 15.3 Å². The summed E-state index contributed by atoms with van der Waals surface area (Å²) >= 11 is 0. The fourth-order valence-corrected chi connectivity index (χ4v) is 7.57. The fraction of sp³-hybridized carbons (Fsp3) is 0.333. The van der Waals surface area contributed by atoms with Gasteiger partial charge in [-0.2, -0.15) is 0 Å². The van der Waals surface area contributed by atoms with Crippen molar-refractivity contribution in [3.05, 3.63) is 90.5 Å². The highest BCUT2D eigenvalue weighted by Crippen LogP contribution is 2.55. The third-order valence-corrected chi connectivity index (χ3v) is 9.53. The number of methoxy groups -OCH3 is 1. The summed E-state index contributed by atoms with van der Waals surface area (Å²) in [4.78, 5) is 0. The summed E-state index contributed by atoms with van der Waals surface area (Å²) in [5.74, 6) is 0.690. The quantitative estimate of drug-likeness (QED) is 0.400.